The fraction of sp³-hybridized carbons (Fsp3) is 0.0811. The predicted molar refractivity (Wildman–Crippen MR) is 170 cm³/mol. The van der Waals surface area contributed by atoms with Crippen LogP contribution in [-0.2, 0) is 19.6 Å². The molecule has 5 nitrogen and oxygen atoms in total. The van der Waals surface area contributed by atoms with Crippen LogP contribution in [-0.4, -0.2) is 16.1 Å². The molecule has 0 unspecified atom stereocenters. The summed E-state index contributed by atoms with van der Waals surface area (Å²) in [7, 11) is 0. The van der Waals surface area contributed by atoms with E-state index in [1.165, 1.54) is 0 Å². The molecule has 43 heavy (non-hydrogen) atoms. The van der Waals surface area contributed by atoms with Gasteiger partial charge in [0.05, 0.1) is 0 Å². The zero-order valence-electron chi connectivity index (χ0n) is 23.2. The number of carboxylic acid groups (broad SMARTS) is 1. The lowest BCUT2D eigenvalue weighted by Gasteiger charge is -2.19. The molecule has 6 rings (SSSR count). The molecule has 0 spiro atoms. The number of aromatic carboxylic acids is 1. The third-order valence-corrected chi connectivity index (χ3v) is 7.39. The minimum absolute atomic E-state index is 0.0699. The summed E-state index contributed by atoms with van der Waals surface area (Å²) in [5, 5.41) is 11.7. The summed E-state index contributed by atoms with van der Waals surface area (Å²) in [4.78, 5) is 17.4. The van der Waals surface area contributed by atoms with Crippen LogP contribution in [0.3, 0.4) is 0 Å². The van der Waals surface area contributed by atoms with Gasteiger partial charge in [0.15, 0.2) is 5.69 Å². The number of hydrogen-bond acceptors (Lipinski definition) is 4. The van der Waals surface area contributed by atoms with Crippen molar-refractivity contribution < 1.29 is 19.4 Å². The Bertz CT molecular complexity index is 1880. The molecule has 0 radical (unpaired) electrons. The molecule has 0 saturated heterocycles. The van der Waals surface area contributed by atoms with Crippen LogP contribution in [0, 0.1) is 0 Å². The summed E-state index contributed by atoms with van der Waals surface area (Å²) < 4.78 is 12.9. The van der Waals surface area contributed by atoms with Gasteiger partial charge in [-0.1, -0.05) is 115 Å². The third-order valence-electron chi connectivity index (χ3n) is 7.15. The molecule has 1 N–H and O–H groups in total. The summed E-state index contributed by atoms with van der Waals surface area (Å²) in [5.74, 6) is -0.219. The normalized spacial score (nSPS) is 10.9. The number of aromatic nitrogens is 1. The van der Waals surface area contributed by atoms with E-state index in [0.717, 1.165) is 27.8 Å². The van der Waals surface area contributed by atoms with Gasteiger partial charge in [0.25, 0.3) is 0 Å². The van der Waals surface area contributed by atoms with Gasteiger partial charge in [0.2, 0.25) is 0 Å². The van der Waals surface area contributed by atoms with Crippen molar-refractivity contribution in [2.45, 2.75) is 19.6 Å². The van der Waals surface area contributed by atoms with Gasteiger partial charge in [-0.2, -0.15) is 0 Å². The second kappa shape index (κ2) is 12.8. The van der Waals surface area contributed by atoms with Gasteiger partial charge in [-0.25, -0.2) is 9.78 Å². The minimum atomic E-state index is -1.13. The van der Waals surface area contributed by atoms with Gasteiger partial charge in [-0.05, 0) is 52.1 Å². The molecule has 0 amide bonds. The van der Waals surface area contributed by atoms with Crippen molar-refractivity contribution >= 4 is 28.5 Å². The van der Waals surface area contributed by atoms with Gasteiger partial charge in [-0.15, -0.1) is 0 Å². The molecule has 0 fully saturated rings. The van der Waals surface area contributed by atoms with Crippen LogP contribution in [0.4, 0.5) is 0 Å². The maximum Gasteiger partial charge on any atom is 0.354 e. The smallest absolute Gasteiger partial charge is 0.354 e. The molecule has 6 heteroatoms. The molecule has 0 aliphatic heterocycles. The molecule has 0 aliphatic carbocycles. The van der Waals surface area contributed by atoms with Gasteiger partial charge in [0, 0.05) is 22.4 Å². The predicted octanol–water partition coefficient (Wildman–Crippen LogP) is 9.00. The van der Waals surface area contributed by atoms with E-state index < -0.39 is 5.97 Å². The van der Waals surface area contributed by atoms with E-state index >= 15 is 0 Å². The second-order valence-electron chi connectivity index (χ2n) is 10.2. The number of carboxylic acids is 1. The number of halogens is 1. The maximum atomic E-state index is 12.7. The Hall–Kier alpha value is -5.13. The fourth-order valence-electron chi connectivity index (χ4n) is 5.06. The first-order valence-corrected chi connectivity index (χ1v) is 14.3. The molecule has 1 heterocycles. The van der Waals surface area contributed by atoms with E-state index in [4.69, 9.17) is 26.1 Å². The van der Waals surface area contributed by atoms with E-state index in [1.54, 1.807) is 0 Å². The molecule has 1 aromatic heterocycles. The lowest BCUT2D eigenvalue weighted by Crippen LogP contribution is -2.11. The highest BCUT2D eigenvalue weighted by Crippen LogP contribution is 2.41. The Kier molecular flexibility index (Phi) is 8.34. The number of benzene rings is 5. The van der Waals surface area contributed by atoms with Gasteiger partial charge < -0.3 is 14.6 Å². The summed E-state index contributed by atoms with van der Waals surface area (Å²) in [6.45, 7) is 0.535. The molecule has 0 saturated carbocycles. The average molecular weight is 586 g/mol. The number of rotatable bonds is 10. The lowest BCUT2D eigenvalue weighted by atomic mass is 9.96. The highest BCUT2D eigenvalue weighted by molar-refractivity contribution is 6.30. The van der Waals surface area contributed by atoms with E-state index in [2.05, 4.69) is 0 Å². The van der Waals surface area contributed by atoms with Crippen LogP contribution in [0.25, 0.3) is 22.0 Å². The Labute approximate surface area is 255 Å². The van der Waals surface area contributed by atoms with Crippen molar-refractivity contribution in [1.29, 1.82) is 0 Å². The van der Waals surface area contributed by atoms with Crippen molar-refractivity contribution in [3.63, 3.8) is 0 Å². The molecule has 0 bridgehead atoms. The van der Waals surface area contributed by atoms with Crippen molar-refractivity contribution in [2.24, 2.45) is 0 Å². The Morgan fingerprint density at radius 1 is 0.674 bits per heavy atom. The van der Waals surface area contributed by atoms with Gasteiger partial charge >= 0.3 is 5.97 Å². The monoisotopic (exact) mass is 585 g/mol. The van der Waals surface area contributed by atoms with Crippen LogP contribution in [0.2, 0.25) is 5.02 Å². The van der Waals surface area contributed by atoms with Gasteiger partial charge in [0.1, 0.15) is 30.2 Å². The molecule has 212 valence electrons. The SMILES string of the molecule is O=C(O)c1nc2c(OCc3ccccc3)cc(-c3cccc(Cl)c3)cc2c(OCc2ccccc2)c1Cc1ccccc1. The summed E-state index contributed by atoms with van der Waals surface area (Å²) >= 11 is 6.38. The number of carbonyl (C=O) groups is 1. The molecule has 6 aromatic rings. The lowest BCUT2D eigenvalue weighted by molar-refractivity contribution is 0.0689. The Balaban J connectivity index is 1.58. The highest BCUT2D eigenvalue weighted by Gasteiger charge is 2.24. The van der Waals surface area contributed by atoms with Crippen molar-refractivity contribution in [1.82, 2.24) is 4.98 Å². The summed E-state index contributed by atoms with van der Waals surface area (Å²) in [6.07, 6.45) is 0.330. The van der Waals surface area contributed by atoms with E-state index in [0.29, 0.717) is 39.4 Å². The molecule has 5 aromatic carbocycles. The Morgan fingerprint density at radius 3 is 1.88 bits per heavy atom. The average Bonchev–Trinajstić information content (AvgIpc) is 3.04. The van der Waals surface area contributed by atoms with E-state index in [1.807, 2.05) is 127 Å². The third kappa shape index (κ3) is 6.53. The Morgan fingerprint density at radius 2 is 1.28 bits per heavy atom. The van der Waals surface area contributed by atoms with Crippen LogP contribution < -0.4 is 9.47 Å². The summed E-state index contributed by atoms with van der Waals surface area (Å²) in [5.41, 5.74) is 5.46. The molecule has 0 aliphatic rings. The largest absolute Gasteiger partial charge is 0.488 e. The topological polar surface area (TPSA) is 68.7 Å². The molecular weight excluding hydrogens is 558 g/mol. The minimum Gasteiger partial charge on any atom is -0.488 e. The number of fused-ring (bicyclic) bond motifs is 1. The second-order valence-corrected chi connectivity index (χ2v) is 10.6. The van der Waals surface area contributed by atoms with E-state index in [-0.39, 0.29) is 18.9 Å². The maximum absolute atomic E-state index is 12.7. The highest BCUT2D eigenvalue weighted by atomic mass is 35.5. The molecule has 0 atom stereocenters. The summed E-state index contributed by atoms with van der Waals surface area (Å²) in [6, 6.07) is 40.8. The number of pyridine rings is 1. The first-order valence-electron chi connectivity index (χ1n) is 13.9. The van der Waals surface area contributed by atoms with E-state index in [9.17, 15) is 9.90 Å². The van der Waals surface area contributed by atoms with Crippen LogP contribution in [0.5, 0.6) is 11.5 Å². The van der Waals surface area contributed by atoms with Crippen molar-refractivity contribution in [2.75, 3.05) is 0 Å². The van der Waals surface area contributed by atoms with Crippen LogP contribution in [0.1, 0.15) is 32.7 Å². The zero-order chi connectivity index (χ0) is 29.6. The first-order chi connectivity index (χ1) is 21.0. The quantitative estimate of drug-likeness (QED) is 0.174. The van der Waals surface area contributed by atoms with Gasteiger partial charge in [-0.3, -0.25) is 0 Å². The van der Waals surface area contributed by atoms with Crippen LogP contribution in [0.15, 0.2) is 127 Å². The van der Waals surface area contributed by atoms with Crippen molar-refractivity contribution in [3.05, 3.63) is 160 Å². The number of nitrogens with zero attached hydrogens (tertiary/aromatic N) is 1. The standard InChI is InChI=1S/C37H28ClNO4/c38-30-18-10-17-28(20-30)29-21-32-34(33(22-29)42-23-26-13-6-2-7-14-26)39-35(37(40)41)31(19-25-11-4-1-5-12-25)36(32)43-24-27-15-8-3-9-16-27/h1-18,20-22H,19,23-24H2,(H,40,41). The zero-order valence-corrected chi connectivity index (χ0v) is 24.0. The molecular formula is C37H28ClNO4. The fourth-order valence-corrected chi connectivity index (χ4v) is 5.25. The first kappa shape index (κ1) is 28.0. The number of ether oxygens (including phenoxy) is 2. The number of hydrogen-bond donors (Lipinski definition) is 1. The van der Waals surface area contributed by atoms with Crippen molar-refractivity contribution in [3.8, 4) is 22.6 Å². The van der Waals surface area contributed by atoms with Crippen LogP contribution >= 0.6 is 11.6 Å².